The summed E-state index contributed by atoms with van der Waals surface area (Å²) in [7, 11) is 0. The smallest absolute Gasteiger partial charge is 0.342 e. The number of hydrogen-bond acceptors (Lipinski definition) is 5. The van der Waals surface area contributed by atoms with Crippen LogP contribution in [0, 0.1) is 19.8 Å². The van der Waals surface area contributed by atoms with Crippen molar-refractivity contribution in [3.63, 3.8) is 0 Å². The topological polar surface area (TPSA) is 93.1 Å². The normalized spacial score (nSPS) is 21.2. The minimum atomic E-state index is -0.855. The van der Waals surface area contributed by atoms with Crippen LogP contribution in [0.25, 0.3) is 0 Å². The standard InChI is InChI=1S/C18H20O6/c1-9-10(2)14-8-24-18(22)16(14)17(21)13(9)4-3-11-6-23-7-12(11)5-15(19)20/h3,12,21H,4-8H2,1-2H3,(H,19,20). The molecule has 1 saturated heterocycles. The lowest BCUT2D eigenvalue weighted by Crippen LogP contribution is -2.09. The molecule has 1 fully saturated rings. The molecule has 0 bridgehead atoms. The average Bonchev–Trinajstić information content (AvgIpc) is 3.11. The zero-order valence-corrected chi connectivity index (χ0v) is 13.7. The van der Waals surface area contributed by atoms with E-state index in [1.165, 1.54) is 0 Å². The zero-order chi connectivity index (χ0) is 17.4. The maximum atomic E-state index is 11.9. The summed E-state index contributed by atoms with van der Waals surface area (Å²) in [6, 6.07) is 0. The fraction of sp³-hybridized carbons (Fsp3) is 0.444. The number of ether oxygens (including phenoxy) is 2. The Hall–Kier alpha value is -2.34. The molecular formula is C18H20O6. The van der Waals surface area contributed by atoms with E-state index in [2.05, 4.69) is 0 Å². The van der Waals surface area contributed by atoms with Crippen LogP contribution >= 0.6 is 0 Å². The molecule has 6 nitrogen and oxygen atoms in total. The summed E-state index contributed by atoms with van der Waals surface area (Å²) in [5.41, 5.74) is 4.49. The molecule has 0 spiro atoms. The second-order valence-electron chi connectivity index (χ2n) is 6.30. The number of aliphatic carboxylic acids is 1. The molecule has 2 heterocycles. The highest BCUT2D eigenvalue weighted by atomic mass is 16.5. The van der Waals surface area contributed by atoms with E-state index in [4.69, 9.17) is 14.6 Å². The minimum Gasteiger partial charge on any atom is -0.507 e. The van der Waals surface area contributed by atoms with E-state index in [-0.39, 0.29) is 30.3 Å². The number of allylic oxidation sites excluding steroid dienone is 1. The van der Waals surface area contributed by atoms with Crippen molar-refractivity contribution in [1.82, 2.24) is 0 Å². The molecule has 3 rings (SSSR count). The number of carbonyl (C=O) groups is 2. The first kappa shape index (κ1) is 16.5. The number of phenolic OH excluding ortho intramolecular Hbond substituents is 1. The molecule has 1 unspecified atom stereocenters. The highest BCUT2D eigenvalue weighted by Gasteiger charge is 2.30. The van der Waals surface area contributed by atoms with Crippen molar-refractivity contribution >= 4 is 11.9 Å². The number of cyclic esters (lactones) is 1. The molecule has 0 aliphatic carbocycles. The van der Waals surface area contributed by atoms with Gasteiger partial charge in [0.05, 0.1) is 19.6 Å². The summed E-state index contributed by atoms with van der Waals surface area (Å²) in [6.07, 6.45) is 2.37. The summed E-state index contributed by atoms with van der Waals surface area (Å²) in [5, 5.41) is 19.5. The molecule has 2 aliphatic rings. The lowest BCUT2D eigenvalue weighted by atomic mass is 9.90. The fourth-order valence-electron chi connectivity index (χ4n) is 3.38. The van der Waals surface area contributed by atoms with Crippen molar-refractivity contribution in [2.24, 2.45) is 5.92 Å². The average molecular weight is 332 g/mol. The number of carboxylic acids is 1. The van der Waals surface area contributed by atoms with Gasteiger partial charge >= 0.3 is 11.9 Å². The molecule has 2 N–H and O–H groups in total. The van der Waals surface area contributed by atoms with Crippen LogP contribution in [-0.4, -0.2) is 35.4 Å². The number of fused-ring (bicyclic) bond motifs is 1. The van der Waals surface area contributed by atoms with Crippen molar-refractivity contribution in [2.75, 3.05) is 13.2 Å². The van der Waals surface area contributed by atoms with Crippen molar-refractivity contribution in [1.29, 1.82) is 0 Å². The van der Waals surface area contributed by atoms with Crippen LogP contribution in [0.3, 0.4) is 0 Å². The number of hydrogen-bond donors (Lipinski definition) is 2. The minimum absolute atomic E-state index is 0.0267. The van der Waals surface area contributed by atoms with Crippen LogP contribution in [0.1, 0.15) is 39.0 Å². The summed E-state index contributed by atoms with van der Waals surface area (Å²) >= 11 is 0. The number of carbonyl (C=O) groups excluding carboxylic acids is 1. The van der Waals surface area contributed by atoms with Crippen LogP contribution in [0.5, 0.6) is 5.75 Å². The molecule has 128 valence electrons. The van der Waals surface area contributed by atoms with E-state index < -0.39 is 11.9 Å². The van der Waals surface area contributed by atoms with Crippen molar-refractivity contribution < 1.29 is 29.3 Å². The number of esters is 1. The number of benzene rings is 1. The Balaban J connectivity index is 1.92. The Kier molecular flexibility index (Phi) is 4.32. The number of aromatic hydroxyl groups is 1. The molecule has 1 aromatic carbocycles. The summed E-state index contributed by atoms with van der Waals surface area (Å²) in [5.74, 6) is -1.51. The molecule has 0 saturated carbocycles. The Morgan fingerprint density at radius 2 is 2.04 bits per heavy atom. The van der Waals surface area contributed by atoms with Gasteiger partial charge < -0.3 is 19.7 Å². The highest BCUT2D eigenvalue weighted by molar-refractivity contribution is 5.97. The molecule has 2 aliphatic heterocycles. The Bertz CT molecular complexity index is 747. The number of carboxylic acid groups (broad SMARTS) is 1. The molecular weight excluding hydrogens is 312 g/mol. The zero-order valence-electron chi connectivity index (χ0n) is 13.7. The maximum absolute atomic E-state index is 11.9. The highest BCUT2D eigenvalue weighted by Crippen LogP contribution is 2.38. The molecule has 6 heteroatoms. The second-order valence-corrected chi connectivity index (χ2v) is 6.30. The molecule has 0 amide bonds. The monoisotopic (exact) mass is 332 g/mol. The quantitative estimate of drug-likeness (QED) is 0.649. The Labute approximate surface area is 139 Å². The van der Waals surface area contributed by atoms with E-state index in [1.54, 1.807) is 0 Å². The van der Waals surface area contributed by atoms with Gasteiger partial charge in [0.25, 0.3) is 0 Å². The Morgan fingerprint density at radius 3 is 2.75 bits per heavy atom. The van der Waals surface area contributed by atoms with Gasteiger partial charge in [0.2, 0.25) is 0 Å². The van der Waals surface area contributed by atoms with Crippen LogP contribution in [0.15, 0.2) is 11.6 Å². The molecule has 24 heavy (non-hydrogen) atoms. The molecule has 0 radical (unpaired) electrons. The van der Waals surface area contributed by atoms with Gasteiger partial charge in [-0.3, -0.25) is 4.79 Å². The SMILES string of the molecule is Cc1c(C)c2c(c(O)c1CC=C1COCC1CC(=O)O)C(=O)OC2. The first-order valence-electron chi connectivity index (χ1n) is 7.89. The lowest BCUT2D eigenvalue weighted by molar-refractivity contribution is -0.137. The lowest BCUT2D eigenvalue weighted by Gasteiger charge is -2.14. The number of phenols is 1. The molecule has 0 aromatic heterocycles. The predicted octanol–water partition coefficient (Wildman–Crippen LogP) is 2.27. The first-order valence-corrected chi connectivity index (χ1v) is 7.89. The molecule has 1 aromatic rings. The van der Waals surface area contributed by atoms with Gasteiger partial charge in [0, 0.05) is 17.0 Å². The van der Waals surface area contributed by atoms with Crippen LogP contribution in [0.4, 0.5) is 0 Å². The van der Waals surface area contributed by atoms with Crippen LogP contribution < -0.4 is 0 Å². The van der Waals surface area contributed by atoms with Gasteiger partial charge in [-0.25, -0.2) is 4.79 Å². The first-order chi connectivity index (χ1) is 11.4. The third-order valence-electron chi connectivity index (χ3n) is 4.95. The van der Waals surface area contributed by atoms with Crippen LogP contribution in [0.2, 0.25) is 0 Å². The summed E-state index contributed by atoms with van der Waals surface area (Å²) < 4.78 is 10.4. The van der Waals surface area contributed by atoms with E-state index >= 15 is 0 Å². The largest absolute Gasteiger partial charge is 0.507 e. The van der Waals surface area contributed by atoms with Crippen molar-refractivity contribution in [3.8, 4) is 5.75 Å². The molecule has 1 atom stereocenters. The van der Waals surface area contributed by atoms with E-state index in [0.717, 1.165) is 22.3 Å². The van der Waals surface area contributed by atoms with Gasteiger partial charge in [0.15, 0.2) is 0 Å². The van der Waals surface area contributed by atoms with Gasteiger partial charge in [-0.1, -0.05) is 6.08 Å². The van der Waals surface area contributed by atoms with E-state index in [9.17, 15) is 14.7 Å². The van der Waals surface area contributed by atoms with Gasteiger partial charge in [-0.2, -0.15) is 0 Å². The third kappa shape index (κ3) is 2.78. The summed E-state index contributed by atoms with van der Waals surface area (Å²) in [6.45, 7) is 4.83. The Morgan fingerprint density at radius 1 is 1.29 bits per heavy atom. The fourth-order valence-corrected chi connectivity index (χ4v) is 3.38. The van der Waals surface area contributed by atoms with Gasteiger partial charge in [-0.05, 0) is 37.0 Å². The van der Waals surface area contributed by atoms with Crippen molar-refractivity contribution in [3.05, 3.63) is 39.5 Å². The number of rotatable bonds is 4. The summed E-state index contributed by atoms with van der Waals surface area (Å²) in [4.78, 5) is 22.8. The van der Waals surface area contributed by atoms with Crippen LogP contribution in [-0.2, 0) is 27.3 Å². The third-order valence-corrected chi connectivity index (χ3v) is 4.95. The predicted molar refractivity (Wildman–Crippen MR) is 85.0 cm³/mol. The van der Waals surface area contributed by atoms with Gasteiger partial charge in [0.1, 0.15) is 17.9 Å². The maximum Gasteiger partial charge on any atom is 0.342 e. The second kappa shape index (κ2) is 6.28. The van der Waals surface area contributed by atoms with E-state index in [0.29, 0.717) is 25.2 Å². The van der Waals surface area contributed by atoms with Gasteiger partial charge in [-0.15, -0.1) is 0 Å². The van der Waals surface area contributed by atoms with E-state index in [1.807, 2.05) is 19.9 Å². The van der Waals surface area contributed by atoms with Crippen molar-refractivity contribution in [2.45, 2.75) is 33.3 Å².